The second-order valence-electron chi connectivity index (χ2n) is 3.48. The first-order chi connectivity index (χ1) is 8.69. The molecule has 7 heteroatoms. The van der Waals surface area contributed by atoms with E-state index in [1.165, 1.54) is 13.2 Å². The minimum absolute atomic E-state index is 0.0187. The summed E-state index contributed by atoms with van der Waals surface area (Å²) in [6, 6.07) is 1.41. The first kappa shape index (κ1) is 12.5. The fourth-order valence-electron chi connectivity index (χ4n) is 1.71. The minimum atomic E-state index is -1.22. The molecule has 0 amide bonds. The molecule has 0 bridgehead atoms. The number of hydrogen-bond acceptors (Lipinski definition) is 6. The molecule has 0 aliphatic carbocycles. The number of methoxy groups -OCH3 is 1. The highest BCUT2D eigenvalue weighted by Gasteiger charge is 2.28. The van der Waals surface area contributed by atoms with E-state index in [2.05, 4.69) is 0 Å². The highest BCUT2D eigenvalue weighted by molar-refractivity contribution is 5.94. The van der Waals surface area contributed by atoms with Crippen molar-refractivity contribution in [3.8, 4) is 17.2 Å². The van der Waals surface area contributed by atoms with Gasteiger partial charge in [-0.05, 0) is 0 Å². The Morgan fingerprint density at radius 1 is 1.50 bits per heavy atom. The summed E-state index contributed by atoms with van der Waals surface area (Å²) in [5, 5.41) is 18.5. The van der Waals surface area contributed by atoms with Crippen molar-refractivity contribution >= 4 is 5.97 Å². The molecule has 7 nitrogen and oxygen atoms in total. The highest BCUT2D eigenvalue weighted by Crippen LogP contribution is 2.42. The number of hydrogen-bond donors (Lipinski definition) is 2. The Labute approximate surface area is 102 Å². The third kappa shape index (κ3) is 2.05. The van der Waals surface area contributed by atoms with Gasteiger partial charge in [-0.15, -0.1) is 0 Å². The molecule has 1 aromatic carbocycles. The monoisotopic (exact) mass is 256 g/mol. The maximum Gasteiger partial charge on any atom is 0.340 e. The minimum Gasteiger partial charge on any atom is -0.478 e. The van der Waals surface area contributed by atoms with Gasteiger partial charge in [-0.25, -0.2) is 4.79 Å². The Morgan fingerprint density at radius 3 is 2.89 bits per heavy atom. The van der Waals surface area contributed by atoms with E-state index in [9.17, 15) is 15.0 Å². The molecule has 1 aliphatic rings. The lowest BCUT2D eigenvalue weighted by Gasteiger charge is -2.13. The molecule has 1 heterocycles. The van der Waals surface area contributed by atoms with Crippen molar-refractivity contribution in [2.45, 2.75) is 6.61 Å². The van der Waals surface area contributed by atoms with Crippen LogP contribution in [0.5, 0.6) is 17.2 Å². The van der Waals surface area contributed by atoms with Gasteiger partial charge in [0.15, 0.2) is 18.3 Å². The van der Waals surface area contributed by atoms with Crippen LogP contribution in [0, 0.1) is 0 Å². The maximum absolute atomic E-state index is 11.2. The second-order valence-corrected chi connectivity index (χ2v) is 3.48. The molecule has 0 saturated heterocycles. The van der Waals surface area contributed by atoms with Gasteiger partial charge in [0.2, 0.25) is 6.79 Å². The quantitative estimate of drug-likeness (QED) is 0.744. The van der Waals surface area contributed by atoms with E-state index in [4.69, 9.17) is 18.9 Å². The van der Waals surface area contributed by atoms with E-state index in [0.29, 0.717) is 5.75 Å². The Kier molecular flexibility index (Phi) is 3.54. The van der Waals surface area contributed by atoms with Crippen LogP contribution in [-0.4, -0.2) is 36.9 Å². The standard InChI is InChI=1S/C11H12O7/c1-15-4-16-7-2-8-10(18-5-17-8)6(3-12)9(7)11(13)14/h2,12H,3-5H2,1H3,(H,13,14). The van der Waals surface area contributed by atoms with Gasteiger partial charge in [-0.2, -0.15) is 0 Å². The van der Waals surface area contributed by atoms with Gasteiger partial charge < -0.3 is 29.2 Å². The van der Waals surface area contributed by atoms with Crippen LogP contribution in [0.4, 0.5) is 0 Å². The molecule has 0 saturated carbocycles. The van der Waals surface area contributed by atoms with Gasteiger partial charge >= 0.3 is 5.97 Å². The number of carboxylic acids is 1. The Bertz CT molecular complexity index is 469. The van der Waals surface area contributed by atoms with Crippen molar-refractivity contribution < 1.29 is 34.0 Å². The zero-order chi connectivity index (χ0) is 13.1. The van der Waals surface area contributed by atoms with Gasteiger partial charge in [0.25, 0.3) is 0 Å². The number of benzene rings is 1. The fraction of sp³-hybridized carbons (Fsp3) is 0.364. The van der Waals surface area contributed by atoms with Gasteiger partial charge in [0.1, 0.15) is 11.3 Å². The summed E-state index contributed by atoms with van der Waals surface area (Å²) in [5.41, 5.74) is -0.0256. The molecule has 1 aromatic rings. The summed E-state index contributed by atoms with van der Waals surface area (Å²) in [5.74, 6) is -0.573. The number of ether oxygens (including phenoxy) is 4. The van der Waals surface area contributed by atoms with Gasteiger partial charge in [0, 0.05) is 18.7 Å². The average Bonchev–Trinajstić information content (AvgIpc) is 2.81. The van der Waals surface area contributed by atoms with Crippen molar-refractivity contribution in [2.24, 2.45) is 0 Å². The number of carboxylic acid groups (broad SMARTS) is 1. The van der Waals surface area contributed by atoms with Crippen molar-refractivity contribution in [1.29, 1.82) is 0 Å². The third-order valence-corrected chi connectivity index (χ3v) is 2.43. The highest BCUT2D eigenvalue weighted by atomic mass is 16.7. The number of rotatable bonds is 5. The molecular formula is C11H12O7. The summed E-state index contributed by atoms with van der Waals surface area (Å²) in [4.78, 5) is 11.2. The molecule has 0 fully saturated rings. The molecule has 0 spiro atoms. The maximum atomic E-state index is 11.2. The van der Waals surface area contributed by atoms with Gasteiger partial charge in [-0.3, -0.25) is 0 Å². The smallest absolute Gasteiger partial charge is 0.340 e. The van der Waals surface area contributed by atoms with E-state index in [0.717, 1.165) is 0 Å². The lowest BCUT2D eigenvalue weighted by atomic mass is 10.0. The molecule has 0 unspecified atom stereocenters. The first-order valence-electron chi connectivity index (χ1n) is 5.10. The van der Waals surface area contributed by atoms with E-state index in [-0.39, 0.29) is 36.2 Å². The molecule has 1 aliphatic heterocycles. The van der Waals surface area contributed by atoms with Crippen LogP contribution in [0.2, 0.25) is 0 Å². The van der Waals surface area contributed by atoms with Gasteiger partial charge in [-0.1, -0.05) is 0 Å². The van der Waals surface area contributed by atoms with Crippen LogP contribution in [0.25, 0.3) is 0 Å². The molecule has 2 rings (SSSR count). The second kappa shape index (κ2) is 5.11. The number of aliphatic hydroxyl groups is 1. The molecule has 18 heavy (non-hydrogen) atoms. The summed E-state index contributed by atoms with van der Waals surface area (Å²) in [6.07, 6.45) is 0. The molecule has 0 atom stereocenters. The lowest BCUT2D eigenvalue weighted by molar-refractivity contribution is 0.0479. The SMILES string of the molecule is COCOc1cc2c(c(CO)c1C(=O)O)OCO2. The van der Waals surface area contributed by atoms with Crippen LogP contribution in [0.15, 0.2) is 6.07 Å². The molecule has 98 valence electrons. The van der Waals surface area contributed by atoms with Crippen LogP contribution < -0.4 is 14.2 Å². The summed E-state index contributed by atoms with van der Waals surface area (Å²) < 4.78 is 20.2. The lowest BCUT2D eigenvalue weighted by Crippen LogP contribution is -2.09. The topological polar surface area (TPSA) is 94.5 Å². The average molecular weight is 256 g/mol. The Morgan fingerprint density at radius 2 is 2.28 bits per heavy atom. The predicted octanol–water partition coefficient (Wildman–Crippen LogP) is 0.589. The number of carbonyl (C=O) groups is 1. The summed E-state index contributed by atoms with van der Waals surface area (Å²) in [6.45, 7) is -0.614. The first-order valence-corrected chi connectivity index (χ1v) is 5.10. The summed E-state index contributed by atoms with van der Waals surface area (Å²) in [7, 11) is 1.42. The van der Waals surface area contributed by atoms with Crippen molar-refractivity contribution in [3.63, 3.8) is 0 Å². The Balaban J connectivity index is 2.54. The largest absolute Gasteiger partial charge is 0.478 e. The van der Waals surface area contributed by atoms with Crippen molar-refractivity contribution in [3.05, 3.63) is 17.2 Å². The third-order valence-electron chi connectivity index (χ3n) is 2.43. The molecule has 0 radical (unpaired) electrons. The Hall–Kier alpha value is -1.99. The van der Waals surface area contributed by atoms with Crippen molar-refractivity contribution in [2.75, 3.05) is 20.7 Å². The van der Waals surface area contributed by atoms with Crippen LogP contribution in [0.3, 0.4) is 0 Å². The molecular weight excluding hydrogens is 244 g/mol. The van der Waals surface area contributed by atoms with Crippen LogP contribution >= 0.6 is 0 Å². The van der Waals surface area contributed by atoms with E-state index < -0.39 is 12.6 Å². The fourth-order valence-corrected chi connectivity index (χ4v) is 1.71. The predicted molar refractivity (Wildman–Crippen MR) is 58.0 cm³/mol. The zero-order valence-electron chi connectivity index (χ0n) is 9.63. The van der Waals surface area contributed by atoms with Crippen LogP contribution in [-0.2, 0) is 11.3 Å². The molecule has 0 aromatic heterocycles. The normalized spacial score (nSPS) is 12.6. The van der Waals surface area contributed by atoms with E-state index >= 15 is 0 Å². The molecule has 2 N–H and O–H groups in total. The number of aromatic carboxylic acids is 1. The summed E-state index contributed by atoms with van der Waals surface area (Å²) >= 11 is 0. The van der Waals surface area contributed by atoms with Gasteiger partial charge in [0.05, 0.1) is 6.61 Å². The number of fused-ring (bicyclic) bond motifs is 1. The van der Waals surface area contributed by atoms with E-state index in [1.54, 1.807) is 0 Å². The number of aliphatic hydroxyl groups excluding tert-OH is 1. The van der Waals surface area contributed by atoms with Crippen molar-refractivity contribution in [1.82, 2.24) is 0 Å². The zero-order valence-corrected chi connectivity index (χ0v) is 9.63. The van der Waals surface area contributed by atoms with E-state index in [1.807, 2.05) is 0 Å². The van der Waals surface area contributed by atoms with Crippen LogP contribution in [0.1, 0.15) is 15.9 Å².